The number of benzene rings is 5. The van der Waals surface area contributed by atoms with E-state index in [4.69, 9.17) is 0 Å². The summed E-state index contributed by atoms with van der Waals surface area (Å²) in [6, 6.07) is 42.3. The summed E-state index contributed by atoms with van der Waals surface area (Å²) >= 11 is 0. The topological polar surface area (TPSA) is 33.6 Å². The molecular weight excluding hydrogens is 414 g/mol. The van der Waals surface area contributed by atoms with E-state index < -0.39 is 0 Å². The lowest BCUT2D eigenvalue weighted by Gasteiger charge is -2.12. The number of para-hydroxylation sites is 3. The second-order valence-electron chi connectivity index (χ2n) is 8.56. The van der Waals surface area contributed by atoms with Crippen molar-refractivity contribution in [2.45, 2.75) is 0 Å². The summed E-state index contributed by atoms with van der Waals surface area (Å²) in [4.78, 5) is 0. The van der Waals surface area contributed by atoms with Crippen LogP contribution in [0.15, 0.2) is 115 Å². The molecule has 3 heteroatoms. The third-order valence-corrected chi connectivity index (χ3v) is 6.72. The highest BCUT2D eigenvalue weighted by Crippen LogP contribution is 2.41. The molecule has 0 radical (unpaired) electrons. The second kappa shape index (κ2) is 7.10. The van der Waals surface area contributed by atoms with Gasteiger partial charge in [0, 0.05) is 32.9 Å². The van der Waals surface area contributed by atoms with Crippen molar-refractivity contribution in [1.82, 2.24) is 9.13 Å². The molecule has 0 saturated heterocycles. The third kappa shape index (κ3) is 2.51. The van der Waals surface area contributed by atoms with Crippen molar-refractivity contribution in [2.75, 3.05) is 0 Å². The Morgan fingerprint density at radius 2 is 1.00 bits per heavy atom. The minimum absolute atomic E-state index is 0.652. The van der Waals surface area contributed by atoms with Crippen LogP contribution in [0.4, 0.5) is 0 Å². The first kappa shape index (κ1) is 18.7. The summed E-state index contributed by atoms with van der Waals surface area (Å²) in [5, 5.41) is 14.4. The van der Waals surface area contributed by atoms with Crippen LogP contribution in [0.5, 0.6) is 0 Å². The standard InChI is InChI=1S/C31H19N3/c32-20-21-9-8-12-23(19-21)34-29-16-7-5-14-25(29)27-18-17-26-24-13-4-6-15-28(24)33(30(26)31(27)34)22-10-2-1-3-11-22/h1-19H. The molecule has 158 valence electrons. The van der Waals surface area contributed by atoms with Gasteiger partial charge in [0.1, 0.15) is 0 Å². The van der Waals surface area contributed by atoms with Crippen LogP contribution >= 0.6 is 0 Å². The van der Waals surface area contributed by atoms with Crippen LogP contribution in [0.2, 0.25) is 0 Å². The molecule has 0 aliphatic heterocycles. The largest absolute Gasteiger partial charge is 0.307 e. The predicted molar refractivity (Wildman–Crippen MR) is 140 cm³/mol. The molecule has 0 fully saturated rings. The molecule has 0 spiro atoms. The zero-order valence-corrected chi connectivity index (χ0v) is 18.3. The summed E-state index contributed by atoms with van der Waals surface area (Å²) < 4.78 is 4.68. The maximum atomic E-state index is 9.58. The van der Waals surface area contributed by atoms with Crippen LogP contribution in [0, 0.1) is 11.3 Å². The quantitative estimate of drug-likeness (QED) is 0.274. The minimum Gasteiger partial charge on any atom is -0.307 e. The van der Waals surface area contributed by atoms with E-state index in [1.807, 2.05) is 18.2 Å². The Balaban J connectivity index is 1.78. The molecule has 7 rings (SSSR count). The van der Waals surface area contributed by atoms with Crippen LogP contribution in [-0.4, -0.2) is 9.13 Å². The van der Waals surface area contributed by atoms with Crippen LogP contribution < -0.4 is 0 Å². The Kier molecular flexibility index (Phi) is 3.91. The Morgan fingerprint density at radius 3 is 1.62 bits per heavy atom. The fourth-order valence-electron chi connectivity index (χ4n) is 5.33. The highest BCUT2D eigenvalue weighted by atomic mass is 15.0. The highest BCUT2D eigenvalue weighted by Gasteiger charge is 2.20. The Hall–Kier alpha value is -4.81. The number of nitrogens with zero attached hydrogens (tertiary/aromatic N) is 3. The van der Waals surface area contributed by atoms with E-state index in [1.165, 1.54) is 32.6 Å². The second-order valence-corrected chi connectivity index (χ2v) is 8.56. The summed E-state index contributed by atoms with van der Waals surface area (Å²) in [6.45, 7) is 0. The normalized spacial score (nSPS) is 11.5. The summed E-state index contributed by atoms with van der Waals surface area (Å²) in [5.41, 5.74) is 7.40. The van der Waals surface area contributed by atoms with E-state index >= 15 is 0 Å². The van der Waals surface area contributed by atoms with E-state index in [0.29, 0.717) is 5.56 Å². The van der Waals surface area contributed by atoms with E-state index in [2.05, 4.69) is 112 Å². The van der Waals surface area contributed by atoms with E-state index in [-0.39, 0.29) is 0 Å². The third-order valence-electron chi connectivity index (χ3n) is 6.72. The van der Waals surface area contributed by atoms with Gasteiger partial charge in [-0.25, -0.2) is 0 Å². The maximum absolute atomic E-state index is 9.58. The SMILES string of the molecule is N#Cc1cccc(-n2c3ccccc3c3ccc4c5ccccc5n(-c5ccccc5)c4c32)c1. The smallest absolute Gasteiger partial charge is 0.0992 e. The van der Waals surface area contributed by atoms with Gasteiger partial charge in [-0.05, 0) is 42.5 Å². The molecular formula is C31H19N3. The molecule has 0 aliphatic carbocycles. The first-order valence-corrected chi connectivity index (χ1v) is 11.4. The molecule has 0 N–H and O–H groups in total. The molecule has 0 aliphatic rings. The number of rotatable bonds is 2. The van der Waals surface area contributed by atoms with Crippen LogP contribution in [-0.2, 0) is 0 Å². The van der Waals surface area contributed by atoms with Gasteiger partial charge in [-0.3, -0.25) is 0 Å². The first-order chi connectivity index (χ1) is 16.8. The van der Waals surface area contributed by atoms with Crippen LogP contribution in [0.1, 0.15) is 5.56 Å². The molecule has 0 bridgehead atoms. The van der Waals surface area contributed by atoms with Crippen molar-refractivity contribution < 1.29 is 0 Å². The van der Waals surface area contributed by atoms with E-state index in [9.17, 15) is 5.26 Å². The Labute approximate surface area is 196 Å². The summed E-state index contributed by atoms with van der Waals surface area (Å²) in [6.07, 6.45) is 0. The molecule has 0 saturated carbocycles. The lowest BCUT2D eigenvalue weighted by atomic mass is 10.1. The molecule has 0 atom stereocenters. The van der Waals surface area contributed by atoms with Crippen molar-refractivity contribution in [3.05, 3.63) is 121 Å². The van der Waals surface area contributed by atoms with Crippen LogP contribution in [0.25, 0.3) is 55.0 Å². The van der Waals surface area contributed by atoms with Crippen molar-refractivity contribution >= 4 is 43.6 Å². The van der Waals surface area contributed by atoms with Gasteiger partial charge in [0.25, 0.3) is 0 Å². The van der Waals surface area contributed by atoms with Gasteiger partial charge >= 0.3 is 0 Å². The van der Waals surface area contributed by atoms with Crippen molar-refractivity contribution in [3.8, 4) is 17.4 Å². The molecule has 5 aromatic carbocycles. The summed E-state index contributed by atoms with van der Waals surface area (Å²) in [5.74, 6) is 0. The van der Waals surface area contributed by atoms with Gasteiger partial charge < -0.3 is 9.13 Å². The van der Waals surface area contributed by atoms with Gasteiger partial charge in [-0.2, -0.15) is 5.26 Å². The maximum Gasteiger partial charge on any atom is 0.0992 e. The number of hydrogen-bond acceptors (Lipinski definition) is 1. The van der Waals surface area contributed by atoms with Gasteiger partial charge in [-0.15, -0.1) is 0 Å². The molecule has 2 aromatic heterocycles. The van der Waals surface area contributed by atoms with Crippen molar-refractivity contribution in [3.63, 3.8) is 0 Å². The Bertz CT molecular complexity index is 1910. The van der Waals surface area contributed by atoms with Gasteiger partial charge in [0.15, 0.2) is 0 Å². The van der Waals surface area contributed by atoms with Crippen LogP contribution in [0.3, 0.4) is 0 Å². The fourth-order valence-corrected chi connectivity index (χ4v) is 5.33. The first-order valence-electron chi connectivity index (χ1n) is 11.4. The van der Waals surface area contributed by atoms with Crippen molar-refractivity contribution in [2.24, 2.45) is 0 Å². The number of aromatic nitrogens is 2. The lowest BCUT2D eigenvalue weighted by Crippen LogP contribution is -1.98. The average molecular weight is 434 g/mol. The monoisotopic (exact) mass is 433 g/mol. The molecule has 0 unspecified atom stereocenters. The molecule has 7 aromatic rings. The van der Waals surface area contributed by atoms with E-state index in [0.717, 1.165) is 22.4 Å². The number of nitriles is 1. The molecule has 34 heavy (non-hydrogen) atoms. The molecule has 3 nitrogen and oxygen atoms in total. The van der Waals surface area contributed by atoms with Crippen molar-refractivity contribution in [1.29, 1.82) is 5.26 Å². The minimum atomic E-state index is 0.652. The predicted octanol–water partition coefficient (Wildman–Crippen LogP) is 7.75. The van der Waals surface area contributed by atoms with Gasteiger partial charge in [-0.1, -0.05) is 72.8 Å². The fraction of sp³-hybridized carbons (Fsp3) is 0. The Morgan fingerprint density at radius 1 is 0.471 bits per heavy atom. The van der Waals surface area contributed by atoms with Gasteiger partial charge in [0.05, 0.1) is 33.7 Å². The lowest BCUT2D eigenvalue weighted by molar-refractivity contribution is 1.15. The average Bonchev–Trinajstić information content (AvgIpc) is 3.42. The highest BCUT2D eigenvalue weighted by molar-refractivity contribution is 6.23. The zero-order valence-electron chi connectivity index (χ0n) is 18.3. The molecule has 0 amide bonds. The number of fused-ring (bicyclic) bond motifs is 7. The zero-order chi connectivity index (χ0) is 22.6. The number of hydrogen-bond donors (Lipinski definition) is 0. The molecule has 2 heterocycles. The van der Waals surface area contributed by atoms with Gasteiger partial charge in [0.2, 0.25) is 0 Å². The summed E-state index contributed by atoms with van der Waals surface area (Å²) in [7, 11) is 0. The van der Waals surface area contributed by atoms with E-state index in [1.54, 1.807) is 0 Å².